The van der Waals surface area contributed by atoms with E-state index in [9.17, 15) is 0 Å². The Balaban J connectivity index is 1.58. The molecule has 0 spiro atoms. The molecule has 0 saturated heterocycles. The summed E-state index contributed by atoms with van der Waals surface area (Å²) in [5.41, 5.74) is 2.35. The predicted molar refractivity (Wildman–Crippen MR) is 144 cm³/mol. The Bertz CT molecular complexity index is 1320. The lowest BCUT2D eigenvalue weighted by atomic mass is 10.1. The summed E-state index contributed by atoms with van der Waals surface area (Å²) in [6.45, 7) is 0. The van der Waals surface area contributed by atoms with Gasteiger partial charge in [-0.1, -0.05) is 77.8 Å². The molecule has 3 nitrogen and oxygen atoms in total. The third-order valence-corrected chi connectivity index (χ3v) is 5.88. The van der Waals surface area contributed by atoms with E-state index in [1.807, 2.05) is 132 Å². The van der Waals surface area contributed by atoms with Gasteiger partial charge < -0.3 is 14.4 Å². The summed E-state index contributed by atoms with van der Waals surface area (Å²) in [6, 6.07) is 40.4. The first kappa shape index (κ1) is 22.9. The Morgan fingerprint density at radius 2 is 0.829 bits per heavy atom. The van der Waals surface area contributed by atoms with E-state index in [4.69, 9.17) is 32.7 Å². The minimum Gasteiger partial charge on any atom is -0.457 e. The highest BCUT2D eigenvalue weighted by Gasteiger charge is 2.20. The average Bonchev–Trinajstić information content (AvgIpc) is 2.88. The molecule has 5 aromatic carbocycles. The quantitative estimate of drug-likeness (QED) is 0.223. The van der Waals surface area contributed by atoms with Gasteiger partial charge in [0, 0.05) is 23.5 Å². The summed E-state index contributed by atoms with van der Waals surface area (Å²) in [5, 5.41) is 1.06. The first-order chi connectivity index (χ1) is 17.2. The van der Waals surface area contributed by atoms with Crippen molar-refractivity contribution in [2.75, 3.05) is 4.90 Å². The largest absolute Gasteiger partial charge is 0.457 e. The molecule has 0 saturated carbocycles. The average molecular weight is 498 g/mol. The molecule has 172 valence electrons. The number of halogens is 2. The highest BCUT2D eigenvalue weighted by Crippen LogP contribution is 2.44. The smallest absolute Gasteiger partial charge is 0.129 e. The number of benzene rings is 5. The van der Waals surface area contributed by atoms with Gasteiger partial charge in [-0.25, -0.2) is 0 Å². The van der Waals surface area contributed by atoms with Crippen molar-refractivity contribution in [1.82, 2.24) is 0 Å². The molecule has 0 radical (unpaired) electrons. The van der Waals surface area contributed by atoms with E-state index in [-0.39, 0.29) is 0 Å². The fraction of sp³-hybridized carbons (Fsp3) is 0. The first-order valence-electron chi connectivity index (χ1n) is 11.1. The van der Waals surface area contributed by atoms with Crippen LogP contribution in [0.1, 0.15) is 0 Å². The Kier molecular flexibility index (Phi) is 6.89. The maximum absolute atomic E-state index is 6.67. The van der Waals surface area contributed by atoms with Crippen LogP contribution < -0.4 is 14.4 Å². The van der Waals surface area contributed by atoms with Gasteiger partial charge in [-0.2, -0.15) is 0 Å². The molecule has 0 N–H and O–H groups in total. The van der Waals surface area contributed by atoms with Crippen LogP contribution >= 0.6 is 23.2 Å². The van der Waals surface area contributed by atoms with Crippen molar-refractivity contribution >= 4 is 40.3 Å². The van der Waals surface area contributed by atoms with Gasteiger partial charge in [0.25, 0.3) is 0 Å². The van der Waals surface area contributed by atoms with Gasteiger partial charge in [-0.15, -0.1) is 0 Å². The molecule has 0 fully saturated rings. The van der Waals surface area contributed by atoms with E-state index in [0.29, 0.717) is 27.2 Å². The Labute approximate surface area is 214 Å². The summed E-state index contributed by atoms with van der Waals surface area (Å²) < 4.78 is 12.2. The van der Waals surface area contributed by atoms with Crippen LogP contribution in [0.2, 0.25) is 10.0 Å². The van der Waals surface area contributed by atoms with Crippen LogP contribution in [0.3, 0.4) is 0 Å². The van der Waals surface area contributed by atoms with E-state index in [0.717, 1.165) is 22.9 Å². The fourth-order valence-corrected chi connectivity index (χ4v) is 4.30. The molecular formula is C30H21Cl2NO2. The second-order valence-corrected chi connectivity index (χ2v) is 8.55. The first-order valence-corrected chi connectivity index (χ1v) is 11.8. The van der Waals surface area contributed by atoms with Gasteiger partial charge in [0.1, 0.15) is 23.0 Å². The number of anilines is 3. The molecule has 0 heterocycles. The lowest BCUT2D eigenvalue weighted by Crippen LogP contribution is -2.11. The topological polar surface area (TPSA) is 21.7 Å². The van der Waals surface area contributed by atoms with Crippen LogP contribution in [0.4, 0.5) is 17.1 Å². The maximum Gasteiger partial charge on any atom is 0.129 e. The summed E-state index contributed by atoms with van der Waals surface area (Å²) in [5.74, 6) is 2.90. The normalized spacial score (nSPS) is 10.6. The van der Waals surface area contributed by atoms with Gasteiger partial charge in [0.2, 0.25) is 0 Å². The van der Waals surface area contributed by atoms with Crippen LogP contribution in [-0.4, -0.2) is 0 Å². The zero-order valence-corrected chi connectivity index (χ0v) is 20.2. The van der Waals surface area contributed by atoms with Crippen molar-refractivity contribution in [3.63, 3.8) is 0 Å². The van der Waals surface area contributed by atoms with E-state index in [1.54, 1.807) is 0 Å². The monoisotopic (exact) mass is 497 g/mol. The second kappa shape index (κ2) is 10.6. The number of ether oxygens (including phenoxy) is 2. The molecule has 0 unspecified atom stereocenters. The summed E-state index contributed by atoms with van der Waals surface area (Å²) >= 11 is 13.3. The van der Waals surface area contributed by atoms with Crippen LogP contribution in [0, 0.1) is 0 Å². The van der Waals surface area contributed by atoms with Crippen molar-refractivity contribution in [3.8, 4) is 23.0 Å². The van der Waals surface area contributed by atoms with Gasteiger partial charge in [-0.3, -0.25) is 0 Å². The third-order valence-electron chi connectivity index (χ3n) is 5.27. The lowest BCUT2D eigenvalue weighted by molar-refractivity contribution is 0.482. The molecule has 0 amide bonds. The molecule has 5 aromatic rings. The SMILES string of the molecule is Clc1cccc(Cl)c1N(c1cccc(Oc2ccccc2)c1)c1cccc(Oc2ccccc2)c1. The summed E-state index contributed by atoms with van der Waals surface area (Å²) in [7, 11) is 0. The van der Waals surface area contributed by atoms with Crippen LogP contribution in [-0.2, 0) is 0 Å². The Morgan fingerprint density at radius 3 is 1.29 bits per heavy atom. The van der Waals surface area contributed by atoms with Crippen LogP contribution in [0.25, 0.3) is 0 Å². The number of hydrogen-bond donors (Lipinski definition) is 0. The molecule has 5 rings (SSSR count). The van der Waals surface area contributed by atoms with Crippen molar-refractivity contribution in [2.24, 2.45) is 0 Å². The van der Waals surface area contributed by atoms with Gasteiger partial charge in [0.05, 0.1) is 15.7 Å². The minimum absolute atomic E-state index is 0.529. The van der Waals surface area contributed by atoms with Crippen molar-refractivity contribution in [2.45, 2.75) is 0 Å². The summed E-state index contributed by atoms with van der Waals surface area (Å²) in [6.07, 6.45) is 0. The molecule has 5 heteroatoms. The zero-order valence-electron chi connectivity index (χ0n) is 18.6. The molecule has 0 bridgehead atoms. The molecule has 0 atom stereocenters. The van der Waals surface area contributed by atoms with E-state index in [1.165, 1.54) is 0 Å². The lowest BCUT2D eigenvalue weighted by Gasteiger charge is -2.28. The predicted octanol–water partition coefficient (Wildman–Crippen LogP) is 10.0. The van der Waals surface area contributed by atoms with E-state index in [2.05, 4.69) is 0 Å². The van der Waals surface area contributed by atoms with Crippen LogP contribution in [0.15, 0.2) is 127 Å². The van der Waals surface area contributed by atoms with Crippen molar-refractivity contribution in [3.05, 3.63) is 137 Å². The fourth-order valence-electron chi connectivity index (χ4n) is 3.73. The zero-order chi connectivity index (χ0) is 24.0. The number of nitrogens with zero attached hydrogens (tertiary/aromatic N) is 1. The van der Waals surface area contributed by atoms with E-state index >= 15 is 0 Å². The Morgan fingerprint density at radius 1 is 0.429 bits per heavy atom. The van der Waals surface area contributed by atoms with Crippen LogP contribution in [0.5, 0.6) is 23.0 Å². The van der Waals surface area contributed by atoms with E-state index < -0.39 is 0 Å². The number of para-hydroxylation sites is 3. The molecule has 0 aliphatic carbocycles. The molecule has 0 aliphatic heterocycles. The van der Waals surface area contributed by atoms with Crippen molar-refractivity contribution in [1.29, 1.82) is 0 Å². The molecule has 0 aromatic heterocycles. The van der Waals surface area contributed by atoms with Gasteiger partial charge in [0.15, 0.2) is 0 Å². The van der Waals surface area contributed by atoms with Crippen molar-refractivity contribution < 1.29 is 9.47 Å². The molecule has 0 aliphatic rings. The molecular weight excluding hydrogens is 477 g/mol. The third kappa shape index (κ3) is 5.43. The highest BCUT2D eigenvalue weighted by molar-refractivity contribution is 6.39. The minimum atomic E-state index is 0.529. The maximum atomic E-state index is 6.67. The van der Waals surface area contributed by atoms with Gasteiger partial charge in [-0.05, 0) is 60.7 Å². The van der Waals surface area contributed by atoms with Gasteiger partial charge >= 0.3 is 0 Å². The summed E-state index contributed by atoms with van der Waals surface area (Å²) in [4.78, 5) is 2.00. The second-order valence-electron chi connectivity index (χ2n) is 7.73. The molecule has 35 heavy (non-hydrogen) atoms. The number of rotatable bonds is 7. The Hall–Kier alpha value is -3.92. The number of hydrogen-bond acceptors (Lipinski definition) is 3. The standard InChI is InChI=1S/C30H21Cl2NO2/c31-28-18-9-19-29(32)30(28)33(22-10-7-16-26(20-22)34-24-12-3-1-4-13-24)23-11-8-17-27(21-23)35-25-14-5-2-6-15-25/h1-21H. The highest BCUT2D eigenvalue weighted by atomic mass is 35.5.